The Labute approximate surface area is 191 Å². The van der Waals surface area contributed by atoms with Crippen LogP contribution < -0.4 is 10.6 Å². The Hall–Kier alpha value is -2.67. The van der Waals surface area contributed by atoms with E-state index in [1.165, 1.54) is 5.56 Å². The molecule has 30 heavy (non-hydrogen) atoms. The summed E-state index contributed by atoms with van der Waals surface area (Å²) in [6.07, 6.45) is 0. The highest BCUT2D eigenvalue weighted by molar-refractivity contribution is 14.1. The smallest absolute Gasteiger partial charge is 0.255 e. The van der Waals surface area contributed by atoms with Crippen LogP contribution in [-0.4, -0.2) is 11.8 Å². The number of amides is 2. The van der Waals surface area contributed by atoms with Gasteiger partial charge in [-0.2, -0.15) is 0 Å². The number of nitrogens with one attached hydrogen (secondary N) is 2. The van der Waals surface area contributed by atoms with E-state index in [0.29, 0.717) is 22.5 Å². The molecule has 4 nitrogen and oxygen atoms in total. The standard InChI is InChI=1S/C25H25IN2O2/c1-16-5-6-18(15-22(16)26)24(30)28-21-13-11-20(12-14-21)27-23(29)17-7-9-19(10-8-17)25(2,3)4/h5-15H,1-4H3,(H,27,29)(H,28,30). The lowest BCUT2D eigenvalue weighted by atomic mass is 9.87. The molecule has 3 rings (SSSR count). The van der Waals surface area contributed by atoms with Gasteiger partial charge in [0.15, 0.2) is 0 Å². The van der Waals surface area contributed by atoms with Crippen LogP contribution in [0.15, 0.2) is 66.7 Å². The minimum Gasteiger partial charge on any atom is -0.322 e. The number of rotatable bonds is 4. The summed E-state index contributed by atoms with van der Waals surface area (Å²) >= 11 is 2.22. The van der Waals surface area contributed by atoms with E-state index in [1.54, 1.807) is 24.3 Å². The molecule has 3 aromatic rings. The maximum Gasteiger partial charge on any atom is 0.255 e. The lowest BCUT2D eigenvalue weighted by Crippen LogP contribution is -2.14. The Morgan fingerprint density at radius 1 is 0.733 bits per heavy atom. The molecule has 0 unspecified atom stereocenters. The molecule has 0 aliphatic rings. The third-order valence-electron chi connectivity index (χ3n) is 4.85. The normalized spacial score (nSPS) is 11.1. The molecule has 0 bridgehead atoms. The van der Waals surface area contributed by atoms with Crippen molar-refractivity contribution in [3.8, 4) is 0 Å². The van der Waals surface area contributed by atoms with Crippen molar-refractivity contribution in [2.45, 2.75) is 33.1 Å². The molecule has 0 saturated heterocycles. The van der Waals surface area contributed by atoms with E-state index >= 15 is 0 Å². The van der Waals surface area contributed by atoms with Gasteiger partial charge < -0.3 is 10.6 Å². The third-order valence-corrected chi connectivity index (χ3v) is 6.01. The van der Waals surface area contributed by atoms with Crippen LogP contribution in [0.2, 0.25) is 0 Å². The molecule has 2 amide bonds. The molecule has 0 aromatic heterocycles. The highest BCUT2D eigenvalue weighted by Gasteiger charge is 2.14. The van der Waals surface area contributed by atoms with Crippen LogP contribution in [0.1, 0.15) is 52.6 Å². The van der Waals surface area contributed by atoms with E-state index in [4.69, 9.17) is 0 Å². The Morgan fingerprint density at radius 2 is 1.20 bits per heavy atom. The first-order valence-electron chi connectivity index (χ1n) is 9.73. The second-order valence-electron chi connectivity index (χ2n) is 8.28. The number of benzene rings is 3. The van der Waals surface area contributed by atoms with Gasteiger partial charge >= 0.3 is 0 Å². The summed E-state index contributed by atoms with van der Waals surface area (Å²) in [5.41, 5.74) is 4.93. The zero-order valence-corrected chi connectivity index (χ0v) is 19.7. The summed E-state index contributed by atoms with van der Waals surface area (Å²) in [7, 11) is 0. The van der Waals surface area contributed by atoms with Gasteiger partial charge in [0.2, 0.25) is 0 Å². The molecule has 0 aliphatic heterocycles. The van der Waals surface area contributed by atoms with Crippen LogP contribution in [0.5, 0.6) is 0 Å². The Kier molecular flexibility index (Phi) is 6.61. The summed E-state index contributed by atoms with van der Waals surface area (Å²) in [4.78, 5) is 24.9. The van der Waals surface area contributed by atoms with Crippen molar-refractivity contribution < 1.29 is 9.59 Å². The van der Waals surface area contributed by atoms with Crippen LogP contribution >= 0.6 is 22.6 Å². The highest BCUT2D eigenvalue weighted by atomic mass is 127. The van der Waals surface area contributed by atoms with Crippen LogP contribution in [-0.2, 0) is 5.41 Å². The lowest BCUT2D eigenvalue weighted by Gasteiger charge is -2.19. The summed E-state index contributed by atoms with van der Waals surface area (Å²) in [5.74, 6) is -0.329. The van der Waals surface area contributed by atoms with Gasteiger partial charge in [-0.15, -0.1) is 0 Å². The molecule has 0 atom stereocenters. The van der Waals surface area contributed by atoms with Crippen molar-refractivity contribution in [2.75, 3.05) is 10.6 Å². The summed E-state index contributed by atoms with van der Waals surface area (Å²) < 4.78 is 1.05. The van der Waals surface area contributed by atoms with Gasteiger partial charge in [-0.05, 0) is 94.6 Å². The largest absolute Gasteiger partial charge is 0.322 e. The topological polar surface area (TPSA) is 58.2 Å². The van der Waals surface area contributed by atoms with Crippen LogP contribution in [0.4, 0.5) is 11.4 Å². The van der Waals surface area contributed by atoms with Gasteiger partial charge in [0, 0.05) is 26.1 Å². The molecular formula is C25H25IN2O2. The second kappa shape index (κ2) is 9.00. The van der Waals surface area contributed by atoms with Crippen molar-refractivity contribution in [1.82, 2.24) is 0 Å². The fraction of sp³-hybridized carbons (Fsp3) is 0.200. The number of hydrogen-bond acceptors (Lipinski definition) is 2. The SMILES string of the molecule is Cc1ccc(C(=O)Nc2ccc(NC(=O)c3ccc(C(C)(C)C)cc3)cc2)cc1I. The molecule has 0 saturated carbocycles. The predicted molar refractivity (Wildman–Crippen MR) is 131 cm³/mol. The number of carbonyl (C=O) groups excluding carboxylic acids is 2. The quantitative estimate of drug-likeness (QED) is 0.398. The predicted octanol–water partition coefficient (Wildman–Crippen LogP) is 6.40. The molecule has 0 radical (unpaired) electrons. The molecular weight excluding hydrogens is 487 g/mol. The summed E-state index contributed by atoms with van der Waals surface area (Å²) in [6, 6.07) is 20.4. The van der Waals surface area contributed by atoms with Crippen molar-refractivity contribution in [2.24, 2.45) is 0 Å². The fourth-order valence-electron chi connectivity index (χ4n) is 2.90. The molecule has 0 aliphatic carbocycles. The average Bonchev–Trinajstić information content (AvgIpc) is 2.71. The summed E-state index contributed by atoms with van der Waals surface area (Å²) in [5, 5.41) is 5.77. The zero-order chi connectivity index (χ0) is 21.9. The van der Waals surface area contributed by atoms with E-state index in [2.05, 4.69) is 54.0 Å². The van der Waals surface area contributed by atoms with Gasteiger partial charge in [-0.3, -0.25) is 9.59 Å². The number of aryl methyl sites for hydroxylation is 1. The lowest BCUT2D eigenvalue weighted by molar-refractivity contribution is 0.101. The minimum absolute atomic E-state index is 0.0477. The zero-order valence-electron chi connectivity index (χ0n) is 17.5. The van der Waals surface area contributed by atoms with E-state index in [-0.39, 0.29) is 17.2 Å². The maximum atomic E-state index is 12.5. The number of carbonyl (C=O) groups is 2. The molecule has 0 heterocycles. The number of anilines is 2. The minimum atomic E-state index is -0.165. The van der Waals surface area contributed by atoms with E-state index in [0.717, 1.165) is 9.13 Å². The van der Waals surface area contributed by atoms with Crippen LogP contribution in [0.3, 0.4) is 0 Å². The molecule has 154 valence electrons. The van der Waals surface area contributed by atoms with E-state index in [1.807, 2.05) is 49.4 Å². The number of hydrogen-bond donors (Lipinski definition) is 2. The monoisotopic (exact) mass is 512 g/mol. The Morgan fingerprint density at radius 3 is 1.67 bits per heavy atom. The molecule has 0 fully saturated rings. The van der Waals surface area contributed by atoms with E-state index in [9.17, 15) is 9.59 Å². The van der Waals surface area contributed by atoms with Crippen molar-refractivity contribution in [1.29, 1.82) is 0 Å². The Bertz CT molecular complexity index is 1070. The van der Waals surface area contributed by atoms with Crippen LogP contribution in [0, 0.1) is 10.5 Å². The van der Waals surface area contributed by atoms with Gasteiger partial charge in [0.1, 0.15) is 0 Å². The second-order valence-corrected chi connectivity index (χ2v) is 9.44. The van der Waals surface area contributed by atoms with Gasteiger partial charge in [-0.25, -0.2) is 0 Å². The molecule has 3 aromatic carbocycles. The Balaban J connectivity index is 1.63. The average molecular weight is 512 g/mol. The van der Waals surface area contributed by atoms with Crippen molar-refractivity contribution >= 4 is 45.8 Å². The molecule has 2 N–H and O–H groups in total. The fourth-order valence-corrected chi connectivity index (χ4v) is 3.41. The van der Waals surface area contributed by atoms with Crippen molar-refractivity contribution in [3.05, 3.63) is 92.6 Å². The summed E-state index contributed by atoms with van der Waals surface area (Å²) in [6.45, 7) is 8.43. The first-order valence-corrected chi connectivity index (χ1v) is 10.8. The van der Waals surface area contributed by atoms with Crippen LogP contribution in [0.25, 0.3) is 0 Å². The van der Waals surface area contributed by atoms with Gasteiger partial charge in [0.25, 0.3) is 11.8 Å². The van der Waals surface area contributed by atoms with Crippen molar-refractivity contribution in [3.63, 3.8) is 0 Å². The van der Waals surface area contributed by atoms with Gasteiger partial charge in [0.05, 0.1) is 0 Å². The first-order chi connectivity index (χ1) is 14.1. The highest BCUT2D eigenvalue weighted by Crippen LogP contribution is 2.23. The maximum absolute atomic E-state index is 12.5. The third kappa shape index (κ3) is 5.48. The first kappa shape index (κ1) is 22.0. The molecule has 0 spiro atoms. The van der Waals surface area contributed by atoms with Gasteiger partial charge in [-0.1, -0.05) is 39.0 Å². The number of halogens is 1. The molecule has 5 heteroatoms. The van der Waals surface area contributed by atoms with E-state index < -0.39 is 0 Å².